The first-order valence-electron chi connectivity index (χ1n) is 7.51. The highest BCUT2D eigenvalue weighted by Gasteiger charge is 2.03. The number of benzene rings is 2. The minimum absolute atomic E-state index is 0.170. The molecule has 7 heteroatoms. The van der Waals surface area contributed by atoms with Crippen LogP contribution in [-0.2, 0) is 4.79 Å². The van der Waals surface area contributed by atoms with Gasteiger partial charge in [0, 0.05) is 11.6 Å². The van der Waals surface area contributed by atoms with Crippen LogP contribution in [0.4, 0.5) is 0 Å². The van der Waals surface area contributed by atoms with Gasteiger partial charge in [-0.05, 0) is 48.0 Å². The normalized spacial score (nSPS) is 10.4. The summed E-state index contributed by atoms with van der Waals surface area (Å²) in [6.07, 6.45) is 3.04. The molecule has 0 aliphatic rings. The van der Waals surface area contributed by atoms with E-state index in [1.807, 2.05) is 0 Å². The zero-order valence-electron chi connectivity index (χ0n) is 13.3. The Hall–Kier alpha value is -3.32. The van der Waals surface area contributed by atoms with E-state index in [1.165, 1.54) is 18.2 Å². The predicted molar refractivity (Wildman–Crippen MR) is 91.3 cm³/mol. The van der Waals surface area contributed by atoms with E-state index in [4.69, 9.17) is 9.94 Å². The lowest BCUT2D eigenvalue weighted by Crippen LogP contribution is -2.26. The Labute approximate surface area is 144 Å². The summed E-state index contributed by atoms with van der Waals surface area (Å²) in [5.41, 5.74) is 2.66. The van der Waals surface area contributed by atoms with Gasteiger partial charge in [0.25, 0.3) is 5.91 Å². The summed E-state index contributed by atoms with van der Waals surface area (Å²) >= 11 is 0. The van der Waals surface area contributed by atoms with Crippen LogP contribution in [0.1, 0.15) is 15.9 Å². The molecule has 2 aromatic carbocycles. The van der Waals surface area contributed by atoms with Gasteiger partial charge in [0.05, 0.1) is 6.54 Å². The van der Waals surface area contributed by atoms with E-state index < -0.39 is 5.91 Å². The third-order valence-corrected chi connectivity index (χ3v) is 3.21. The quantitative estimate of drug-likeness (QED) is 0.265. The zero-order valence-corrected chi connectivity index (χ0v) is 13.3. The molecule has 0 fully saturated rings. The van der Waals surface area contributed by atoms with E-state index in [0.717, 1.165) is 5.56 Å². The van der Waals surface area contributed by atoms with Crippen molar-refractivity contribution in [2.24, 2.45) is 0 Å². The molecule has 0 spiro atoms. The van der Waals surface area contributed by atoms with Crippen molar-refractivity contribution in [1.29, 1.82) is 0 Å². The minimum atomic E-state index is -0.598. The van der Waals surface area contributed by atoms with Crippen LogP contribution in [0.15, 0.2) is 54.6 Å². The van der Waals surface area contributed by atoms with Gasteiger partial charge in [-0.2, -0.15) is 0 Å². The number of aromatic hydroxyl groups is 1. The van der Waals surface area contributed by atoms with Crippen molar-refractivity contribution in [2.75, 3.05) is 13.2 Å². The number of amides is 2. The van der Waals surface area contributed by atoms with Crippen LogP contribution in [-0.4, -0.2) is 35.3 Å². The number of phenols is 1. The second-order valence-electron chi connectivity index (χ2n) is 5.03. The number of rotatable bonds is 7. The van der Waals surface area contributed by atoms with Gasteiger partial charge in [0.2, 0.25) is 5.91 Å². The largest absolute Gasteiger partial charge is 0.508 e. The van der Waals surface area contributed by atoms with Crippen molar-refractivity contribution in [1.82, 2.24) is 10.8 Å². The summed E-state index contributed by atoms with van der Waals surface area (Å²) in [4.78, 5) is 22.8. The average Bonchev–Trinajstić information content (AvgIpc) is 2.64. The number of hydrogen-bond acceptors (Lipinski definition) is 5. The van der Waals surface area contributed by atoms with Gasteiger partial charge in [0.1, 0.15) is 18.1 Å². The number of nitrogens with one attached hydrogen (secondary N) is 2. The maximum absolute atomic E-state index is 11.7. The number of carbonyl (C=O) groups is 2. The van der Waals surface area contributed by atoms with Crippen molar-refractivity contribution in [2.45, 2.75) is 0 Å². The van der Waals surface area contributed by atoms with Crippen LogP contribution in [0.5, 0.6) is 11.5 Å². The van der Waals surface area contributed by atoms with Gasteiger partial charge in [-0.15, -0.1) is 0 Å². The van der Waals surface area contributed by atoms with Crippen LogP contribution in [0.3, 0.4) is 0 Å². The summed E-state index contributed by atoms with van der Waals surface area (Å²) in [5.74, 6) is -0.141. The van der Waals surface area contributed by atoms with Gasteiger partial charge < -0.3 is 15.2 Å². The van der Waals surface area contributed by atoms with Crippen LogP contribution in [0, 0.1) is 0 Å². The molecule has 0 aromatic heterocycles. The van der Waals surface area contributed by atoms with E-state index in [9.17, 15) is 14.7 Å². The molecule has 0 bridgehead atoms. The van der Waals surface area contributed by atoms with Crippen molar-refractivity contribution in [3.05, 3.63) is 65.7 Å². The summed E-state index contributed by atoms with van der Waals surface area (Å²) < 4.78 is 5.44. The predicted octanol–water partition coefficient (Wildman–Crippen LogP) is 1.72. The van der Waals surface area contributed by atoms with Crippen molar-refractivity contribution < 1.29 is 24.6 Å². The summed E-state index contributed by atoms with van der Waals surface area (Å²) in [7, 11) is 0. The van der Waals surface area contributed by atoms with Crippen LogP contribution in [0.25, 0.3) is 6.08 Å². The Morgan fingerprint density at radius 2 is 1.72 bits per heavy atom. The van der Waals surface area contributed by atoms with Crippen LogP contribution >= 0.6 is 0 Å². The Bertz CT molecular complexity index is 739. The fourth-order valence-electron chi connectivity index (χ4n) is 1.93. The summed E-state index contributed by atoms with van der Waals surface area (Å²) in [6, 6.07) is 12.7. The lowest BCUT2D eigenvalue weighted by Gasteiger charge is -2.07. The second-order valence-corrected chi connectivity index (χ2v) is 5.03. The highest BCUT2D eigenvalue weighted by Crippen LogP contribution is 2.12. The standard InChI is InChI=1S/C18H18N2O5/c21-15-6-1-13(2-7-15)3-10-17(22)19-11-12-25-16-8-4-14(5-9-16)18(23)20-24/h1-10,21,24H,11-12H2,(H,19,22)(H,20,23). The molecular weight excluding hydrogens is 324 g/mol. The number of carbonyl (C=O) groups excluding carboxylic acids is 2. The smallest absolute Gasteiger partial charge is 0.274 e. The molecular formula is C18H18N2O5. The SMILES string of the molecule is O=C(C=Cc1ccc(O)cc1)NCCOc1ccc(C(=O)NO)cc1. The first kappa shape index (κ1) is 18.0. The molecule has 0 atom stereocenters. The third-order valence-electron chi connectivity index (χ3n) is 3.21. The van der Waals surface area contributed by atoms with Gasteiger partial charge >= 0.3 is 0 Å². The monoisotopic (exact) mass is 342 g/mol. The highest BCUT2D eigenvalue weighted by molar-refractivity contribution is 5.93. The van der Waals surface area contributed by atoms with Gasteiger partial charge in [-0.3, -0.25) is 14.8 Å². The molecule has 2 amide bonds. The molecule has 25 heavy (non-hydrogen) atoms. The maximum atomic E-state index is 11.7. The van der Waals surface area contributed by atoms with E-state index >= 15 is 0 Å². The summed E-state index contributed by atoms with van der Waals surface area (Å²) in [5, 5.41) is 20.4. The highest BCUT2D eigenvalue weighted by atomic mass is 16.5. The van der Waals surface area contributed by atoms with E-state index in [-0.39, 0.29) is 18.3 Å². The van der Waals surface area contributed by atoms with E-state index in [2.05, 4.69) is 5.32 Å². The first-order valence-corrected chi connectivity index (χ1v) is 7.51. The van der Waals surface area contributed by atoms with Crippen molar-refractivity contribution >= 4 is 17.9 Å². The zero-order chi connectivity index (χ0) is 18.1. The number of ether oxygens (including phenoxy) is 1. The number of hydrogen-bond donors (Lipinski definition) is 4. The van der Waals surface area contributed by atoms with Crippen molar-refractivity contribution in [3.63, 3.8) is 0 Å². The van der Waals surface area contributed by atoms with Gasteiger partial charge in [0.15, 0.2) is 0 Å². The lowest BCUT2D eigenvalue weighted by molar-refractivity contribution is -0.116. The van der Waals surface area contributed by atoms with Crippen LogP contribution in [0.2, 0.25) is 0 Å². The third kappa shape index (κ3) is 6.00. The Morgan fingerprint density at radius 3 is 2.36 bits per heavy atom. The van der Waals surface area contributed by atoms with Crippen molar-refractivity contribution in [3.8, 4) is 11.5 Å². The maximum Gasteiger partial charge on any atom is 0.274 e. The Kier molecular flexibility index (Phi) is 6.56. The first-order chi connectivity index (χ1) is 12.1. The molecule has 0 unspecified atom stereocenters. The number of phenolic OH excluding ortho intramolecular Hbond substituents is 1. The average molecular weight is 342 g/mol. The molecule has 0 radical (unpaired) electrons. The molecule has 2 rings (SSSR count). The summed E-state index contributed by atoms with van der Waals surface area (Å²) in [6.45, 7) is 0.585. The van der Waals surface area contributed by atoms with E-state index in [0.29, 0.717) is 17.9 Å². The fourth-order valence-corrected chi connectivity index (χ4v) is 1.93. The second kappa shape index (κ2) is 9.09. The molecule has 7 nitrogen and oxygen atoms in total. The Morgan fingerprint density at radius 1 is 1.04 bits per heavy atom. The molecule has 0 aliphatic carbocycles. The fraction of sp³-hybridized carbons (Fsp3) is 0.111. The molecule has 0 aliphatic heterocycles. The lowest BCUT2D eigenvalue weighted by atomic mass is 10.2. The molecule has 2 aromatic rings. The van der Waals surface area contributed by atoms with Crippen LogP contribution < -0.4 is 15.5 Å². The Balaban J connectivity index is 1.70. The topological polar surface area (TPSA) is 108 Å². The van der Waals surface area contributed by atoms with E-state index in [1.54, 1.807) is 48.0 Å². The molecule has 0 saturated carbocycles. The number of hydroxylamine groups is 1. The molecule has 130 valence electrons. The van der Waals surface area contributed by atoms with Gasteiger partial charge in [-0.25, -0.2) is 5.48 Å². The minimum Gasteiger partial charge on any atom is -0.508 e. The molecule has 4 N–H and O–H groups in total. The van der Waals surface area contributed by atoms with Gasteiger partial charge in [-0.1, -0.05) is 12.1 Å². The molecule has 0 heterocycles. The molecule has 0 saturated heterocycles.